The van der Waals surface area contributed by atoms with Gasteiger partial charge in [0.2, 0.25) is 0 Å². The van der Waals surface area contributed by atoms with Crippen LogP contribution in [0.2, 0.25) is 19.6 Å². The molecule has 0 heterocycles. The van der Waals surface area contributed by atoms with Crippen LogP contribution in [0.3, 0.4) is 0 Å². The van der Waals surface area contributed by atoms with E-state index in [4.69, 9.17) is 0 Å². The highest BCUT2D eigenvalue weighted by molar-refractivity contribution is 14.2. The lowest BCUT2D eigenvalue weighted by Gasteiger charge is -2.30. The van der Waals surface area contributed by atoms with Crippen LogP contribution in [-0.2, 0) is 0 Å². The van der Waals surface area contributed by atoms with E-state index in [0.29, 0.717) is 0 Å². The fraction of sp³-hybridized carbons (Fsp3) is 1.00. The molecule has 0 spiro atoms. The molecule has 0 saturated carbocycles. The molecule has 0 amide bonds. The molecule has 0 nitrogen and oxygen atoms in total. The van der Waals surface area contributed by atoms with Crippen molar-refractivity contribution < 1.29 is 0 Å². The highest BCUT2D eigenvalue weighted by atomic mass is 127. The van der Waals surface area contributed by atoms with Crippen molar-refractivity contribution in [1.82, 2.24) is 0 Å². The predicted octanol–water partition coefficient (Wildman–Crippen LogP) is 3.28. The van der Waals surface area contributed by atoms with Gasteiger partial charge in [0.05, 0.1) is 8.07 Å². The van der Waals surface area contributed by atoms with E-state index in [1.54, 1.807) is 0 Å². The lowest BCUT2D eigenvalue weighted by molar-refractivity contribution is 1.66. The van der Waals surface area contributed by atoms with Crippen molar-refractivity contribution in [3.63, 3.8) is 0 Å². The van der Waals surface area contributed by atoms with Crippen molar-refractivity contribution in [3.05, 3.63) is 0 Å². The molecule has 0 aromatic rings. The molecule has 0 saturated heterocycles. The Kier molecular flexibility index (Phi) is 3.58. The number of halogens is 1. The van der Waals surface area contributed by atoms with Gasteiger partial charge in [-0.3, -0.25) is 0 Å². The summed E-state index contributed by atoms with van der Waals surface area (Å²) < 4.78 is 0. The van der Waals surface area contributed by atoms with Crippen molar-refractivity contribution in [2.45, 2.75) is 19.6 Å². The van der Waals surface area contributed by atoms with E-state index in [2.05, 4.69) is 53.4 Å². The van der Waals surface area contributed by atoms with E-state index >= 15 is 0 Å². The standard InChI is InChI=1S/C6H17ISSi/c1-8(2,7)6-9(3,4)5/h6H2,1-5H3. The number of rotatable bonds is 2. The van der Waals surface area contributed by atoms with Gasteiger partial charge < -0.3 is 0 Å². The highest BCUT2D eigenvalue weighted by Gasteiger charge is 2.19. The first kappa shape index (κ1) is 10.3. The molecule has 0 bridgehead atoms. The van der Waals surface area contributed by atoms with E-state index < -0.39 is 8.07 Å². The minimum absolute atomic E-state index is 0.250. The van der Waals surface area contributed by atoms with Gasteiger partial charge >= 0.3 is 0 Å². The zero-order chi connectivity index (χ0) is 7.71. The molecule has 3 heteroatoms. The fourth-order valence-electron chi connectivity index (χ4n) is 1.03. The third kappa shape index (κ3) is 9.30. The monoisotopic (exact) mass is 276 g/mol. The Morgan fingerprint density at radius 1 is 1.22 bits per heavy atom. The lowest BCUT2D eigenvalue weighted by atomic mass is 11.7. The number of hydrogen-bond acceptors (Lipinski definition) is 0. The molecular weight excluding hydrogens is 259 g/mol. The lowest BCUT2D eigenvalue weighted by Crippen LogP contribution is -2.27. The Labute approximate surface area is 73.7 Å². The molecule has 0 aromatic carbocycles. The molecule has 0 aliphatic rings. The van der Waals surface area contributed by atoms with Gasteiger partial charge in [-0.15, -0.1) is 0 Å². The zero-order valence-electron chi connectivity index (χ0n) is 6.99. The smallest absolute Gasteiger partial charge is 0.0537 e. The van der Waals surface area contributed by atoms with Gasteiger partial charge in [0, 0.05) is 0 Å². The van der Waals surface area contributed by atoms with Crippen LogP contribution in [0.1, 0.15) is 0 Å². The van der Waals surface area contributed by atoms with Crippen LogP contribution in [0.5, 0.6) is 0 Å². The van der Waals surface area contributed by atoms with Gasteiger partial charge in [0.25, 0.3) is 0 Å². The third-order valence-electron chi connectivity index (χ3n) is 0.776. The van der Waals surface area contributed by atoms with Gasteiger partial charge in [-0.25, -0.2) is 0 Å². The van der Waals surface area contributed by atoms with Crippen LogP contribution in [0.4, 0.5) is 0 Å². The summed E-state index contributed by atoms with van der Waals surface area (Å²) in [6.07, 6.45) is 4.79. The van der Waals surface area contributed by atoms with E-state index in [9.17, 15) is 0 Å². The normalized spacial score (nSPS) is 15.8. The Morgan fingerprint density at radius 3 is 1.56 bits per heavy atom. The van der Waals surface area contributed by atoms with Gasteiger partial charge in [-0.1, -0.05) is 19.6 Å². The third-order valence-corrected chi connectivity index (χ3v) is 9.79. The van der Waals surface area contributed by atoms with E-state index in [1.807, 2.05) is 0 Å². The summed E-state index contributed by atoms with van der Waals surface area (Å²) >= 11 is 2.62. The molecule has 0 unspecified atom stereocenters. The van der Waals surface area contributed by atoms with Crippen LogP contribution >= 0.6 is 28.4 Å². The minimum Gasteiger partial charge on any atom is -0.196 e. The second kappa shape index (κ2) is 3.13. The van der Waals surface area contributed by atoms with Crippen LogP contribution in [0.25, 0.3) is 0 Å². The summed E-state index contributed by atoms with van der Waals surface area (Å²) in [6, 6.07) is 0. The maximum absolute atomic E-state index is 2.62. The fourth-order valence-corrected chi connectivity index (χ4v) is 17.7. The van der Waals surface area contributed by atoms with Gasteiger partial charge in [0.15, 0.2) is 0 Å². The Bertz CT molecular complexity index is 78.2. The topological polar surface area (TPSA) is 0 Å². The van der Waals surface area contributed by atoms with Crippen LogP contribution in [-0.4, -0.2) is 26.0 Å². The molecule has 0 aliphatic carbocycles. The largest absolute Gasteiger partial charge is 0.196 e. The first-order valence-corrected chi connectivity index (χ1v) is 12.0. The molecule has 0 rings (SSSR count). The second-order valence-electron chi connectivity index (χ2n) is 4.11. The molecule has 0 aliphatic heterocycles. The maximum Gasteiger partial charge on any atom is 0.0537 e. The summed E-state index contributed by atoms with van der Waals surface area (Å²) in [5.74, 6) is 0. The average molecular weight is 276 g/mol. The number of hydrogen-bond donors (Lipinski definition) is 0. The molecule has 58 valence electrons. The summed E-state index contributed by atoms with van der Waals surface area (Å²) in [6.45, 7) is 7.33. The van der Waals surface area contributed by atoms with E-state index in [-0.39, 0.29) is 7.20 Å². The Morgan fingerprint density at radius 2 is 1.56 bits per heavy atom. The summed E-state index contributed by atoms with van der Waals surface area (Å²) in [5.41, 5.74) is 0. The van der Waals surface area contributed by atoms with E-state index in [1.165, 1.54) is 5.38 Å². The van der Waals surface area contributed by atoms with Gasteiger partial charge in [-0.2, -0.15) is 7.20 Å². The second-order valence-corrected chi connectivity index (χ2v) is 20.3. The predicted molar refractivity (Wildman–Crippen MR) is 61.7 cm³/mol. The van der Waals surface area contributed by atoms with Crippen LogP contribution in [0, 0.1) is 0 Å². The molecular formula is C6H17ISSi. The zero-order valence-corrected chi connectivity index (χ0v) is 11.0. The first-order valence-electron chi connectivity index (χ1n) is 3.11. The van der Waals surface area contributed by atoms with Crippen molar-refractivity contribution in [1.29, 1.82) is 0 Å². The maximum atomic E-state index is 2.62. The quantitative estimate of drug-likeness (QED) is 0.536. The highest BCUT2D eigenvalue weighted by Crippen LogP contribution is 2.50. The van der Waals surface area contributed by atoms with Crippen molar-refractivity contribution >= 4 is 36.5 Å². The van der Waals surface area contributed by atoms with Crippen molar-refractivity contribution in [2.24, 2.45) is 0 Å². The van der Waals surface area contributed by atoms with E-state index in [0.717, 1.165) is 0 Å². The van der Waals surface area contributed by atoms with Crippen molar-refractivity contribution in [3.8, 4) is 0 Å². The first-order chi connectivity index (χ1) is 3.71. The summed E-state index contributed by atoms with van der Waals surface area (Å²) in [7, 11) is -1.01. The SMILES string of the molecule is C[Si](C)(C)CS(C)(C)I. The molecule has 0 fully saturated rings. The minimum atomic E-state index is -0.763. The molecule has 0 aromatic heterocycles. The molecule has 9 heavy (non-hydrogen) atoms. The Hall–Kier alpha value is 1.30. The average Bonchev–Trinajstić information content (AvgIpc) is 1.14. The summed E-state index contributed by atoms with van der Waals surface area (Å²) in [5, 5.41) is 1.50. The van der Waals surface area contributed by atoms with Gasteiger partial charge in [-0.05, 0) is 39.1 Å². The van der Waals surface area contributed by atoms with Crippen LogP contribution < -0.4 is 0 Å². The summed E-state index contributed by atoms with van der Waals surface area (Å²) in [4.78, 5) is 0. The molecule has 0 radical (unpaired) electrons. The Balaban J connectivity index is 3.75. The molecule has 0 atom stereocenters. The van der Waals surface area contributed by atoms with Crippen LogP contribution in [0.15, 0.2) is 0 Å². The van der Waals surface area contributed by atoms with Gasteiger partial charge in [0.1, 0.15) is 0 Å². The molecule has 0 N–H and O–H groups in total. The van der Waals surface area contributed by atoms with Crippen molar-refractivity contribution in [2.75, 3.05) is 17.9 Å².